The molecule has 1 aromatic rings. The van der Waals surface area contributed by atoms with E-state index in [4.69, 9.17) is 16.3 Å². The summed E-state index contributed by atoms with van der Waals surface area (Å²) in [4.78, 5) is 0. The number of aromatic hydroxyl groups is 1. The molecule has 1 aromatic carbocycles. The van der Waals surface area contributed by atoms with Crippen molar-refractivity contribution >= 4 is 11.6 Å². The number of aliphatic hydroxyl groups excluding tert-OH is 1. The Hall–Kier alpha value is -0.930. The molecule has 0 aromatic heterocycles. The third-order valence-electron chi connectivity index (χ3n) is 2.31. The fourth-order valence-electron chi connectivity index (χ4n) is 1.46. The molecule has 0 heterocycles. The topological polar surface area (TPSA) is 49.7 Å². The van der Waals surface area contributed by atoms with Crippen LogP contribution in [-0.4, -0.2) is 23.4 Å². The molecule has 84 valence electrons. The van der Waals surface area contributed by atoms with Crippen LogP contribution in [0, 0.1) is 6.92 Å². The first kappa shape index (κ1) is 12.1. The Morgan fingerprint density at radius 1 is 1.53 bits per heavy atom. The molecule has 0 saturated carbocycles. The first-order valence-corrected chi connectivity index (χ1v) is 5.08. The van der Waals surface area contributed by atoms with Gasteiger partial charge in [-0.2, -0.15) is 0 Å². The minimum absolute atomic E-state index is 0.0558. The molecule has 0 aliphatic carbocycles. The lowest BCUT2D eigenvalue weighted by atomic mass is 10.0. The third-order valence-corrected chi connectivity index (χ3v) is 2.70. The average Bonchev–Trinajstić information content (AvgIpc) is 2.18. The van der Waals surface area contributed by atoms with Crippen molar-refractivity contribution in [1.29, 1.82) is 0 Å². The van der Waals surface area contributed by atoms with E-state index in [0.717, 1.165) is 5.56 Å². The summed E-state index contributed by atoms with van der Waals surface area (Å²) < 4.78 is 4.99. The van der Waals surface area contributed by atoms with Crippen LogP contribution in [-0.2, 0) is 6.42 Å². The lowest BCUT2D eigenvalue weighted by Gasteiger charge is -2.14. The second kappa shape index (κ2) is 4.73. The third kappa shape index (κ3) is 2.55. The second-order valence-electron chi connectivity index (χ2n) is 3.57. The zero-order chi connectivity index (χ0) is 11.6. The van der Waals surface area contributed by atoms with Crippen molar-refractivity contribution in [2.24, 2.45) is 0 Å². The van der Waals surface area contributed by atoms with Crippen LogP contribution in [0.3, 0.4) is 0 Å². The molecule has 0 amide bonds. The molecular formula is C11H15ClO3. The van der Waals surface area contributed by atoms with E-state index in [1.165, 1.54) is 7.11 Å². The fraction of sp³-hybridized carbons (Fsp3) is 0.455. The van der Waals surface area contributed by atoms with Crippen LogP contribution in [0.4, 0.5) is 0 Å². The van der Waals surface area contributed by atoms with Gasteiger partial charge in [0.05, 0.1) is 13.2 Å². The van der Waals surface area contributed by atoms with E-state index in [0.29, 0.717) is 22.8 Å². The van der Waals surface area contributed by atoms with Gasteiger partial charge in [0.25, 0.3) is 0 Å². The minimum Gasteiger partial charge on any atom is -0.504 e. The van der Waals surface area contributed by atoms with Crippen molar-refractivity contribution in [2.45, 2.75) is 26.4 Å². The number of phenols is 1. The van der Waals surface area contributed by atoms with Crippen LogP contribution >= 0.6 is 11.6 Å². The Morgan fingerprint density at radius 2 is 2.13 bits per heavy atom. The summed E-state index contributed by atoms with van der Waals surface area (Å²) in [6.45, 7) is 3.46. The van der Waals surface area contributed by atoms with Gasteiger partial charge in [0, 0.05) is 23.1 Å². The normalized spacial score (nSPS) is 12.6. The Kier molecular flexibility index (Phi) is 3.83. The van der Waals surface area contributed by atoms with Gasteiger partial charge in [-0.3, -0.25) is 0 Å². The van der Waals surface area contributed by atoms with Gasteiger partial charge in [-0.15, -0.1) is 0 Å². The molecule has 0 radical (unpaired) electrons. The monoisotopic (exact) mass is 230 g/mol. The van der Waals surface area contributed by atoms with Crippen LogP contribution in [0.25, 0.3) is 0 Å². The van der Waals surface area contributed by atoms with Gasteiger partial charge in [-0.05, 0) is 19.4 Å². The van der Waals surface area contributed by atoms with Gasteiger partial charge in [0.2, 0.25) is 0 Å². The van der Waals surface area contributed by atoms with Crippen molar-refractivity contribution in [1.82, 2.24) is 0 Å². The van der Waals surface area contributed by atoms with Crippen LogP contribution in [0.2, 0.25) is 5.02 Å². The predicted octanol–water partition coefficient (Wildman–Crippen LogP) is 2.29. The number of hydrogen-bond acceptors (Lipinski definition) is 3. The molecule has 1 unspecified atom stereocenters. The summed E-state index contributed by atoms with van der Waals surface area (Å²) in [5, 5.41) is 19.7. The molecule has 0 bridgehead atoms. The first-order chi connectivity index (χ1) is 6.97. The standard InChI is InChI=1S/C11H15ClO3/c1-6(13)4-8-7(2)9(12)5-10(15-3)11(8)14/h5-6,13-14H,4H2,1-3H3. The largest absolute Gasteiger partial charge is 0.504 e. The van der Waals surface area contributed by atoms with E-state index in [2.05, 4.69) is 0 Å². The van der Waals surface area contributed by atoms with Gasteiger partial charge in [-0.1, -0.05) is 11.6 Å². The van der Waals surface area contributed by atoms with Crippen molar-refractivity contribution in [3.05, 3.63) is 22.2 Å². The van der Waals surface area contributed by atoms with E-state index in [1.54, 1.807) is 19.9 Å². The quantitative estimate of drug-likeness (QED) is 0.838. The van der Waals surface area contributed by atoms with Crippen molar-refractivity contribution in [2.75, 3.05) is 7.11 Å². The molecule has 0 aliphatic heterocycles. The molecule has 2 N–H and O–H groups in total. The number of benzene rings is 1. The Balaban J connectivity index is 3.27. The summed E-state index contributed by atoms with van der Waals surface area (Å²) >= 11 is 5.98. The van der Waals surface area contributed by atoms with Gasteiger partial charge < -0.3 is 14.9 Å². The summed E-state index contributed by atoms with van der Waals surface area (Å²) in [6.07, 6.45) is -0.174. The molecule has 15 heavy (non-hydrogen) atoms. The van der Waals surface area contributed by atoms with Crippen LogP contribution in [0.1, 0.15) is 18.1 Å². The lowest BCUT2D eigenvalue weighted by Crippen LogP contribution is -2.06. The predicted molar refractivity (Wildman–Crippen MR) is 59.8 cm³/mol. The van der Waals surface area contributed by atoms with E-state index < -0.39 is 6.10 Å². The fourth-order valence-corrected chi connectivity index (χ4v) is 1.68. The van der Waals surface area contributed by atoms with E-state index >= 15 is 0 Å². The van der Waals surface area contributed by atoms with Crippen molar-refractivity contribution < 1.29 is 14.9 Å². The maximum atomic E-state index is 9.85. The van der Waals surface area contributed by atoms with Crippen molar-refractivity contribution in [3.8, 4) is 11.5 Å². The van der Waals surface area contributed by atoms with Crippen LogP contribution < -0.4 is 4.74 Å². The molecule has 1 atom stereocenters. The number of phenolic OH excluding ortho intramolecular Hbond substituents is 1. The molecule has 4 heteroatoms. The number of rotatable bonds is 3. The van der Waals surface area contributed by atoms with Gasteiger partial charge in [0.1, 0.15) is 0 Å². The Labute approximate surface area is 94.3 Å². The summed E-state index contributed by atoms with van der Waals surface area (Å²) in [5.41, 5.74) is 1.41. The second-order valence-corrected chi connectivity index (χ2v) is 3.97. The maximum Gasteiger partial charge on any atom is 0.162 e. The Morgan fingerprint density at radius 3 is 2.60 bits per heavy atom. The number of hydrogen-bond donors (Lipinski definition) is 2. The molecule has 3 nitrogen and oxygen atoms in total. The zero-order valence-electron chi connectivity index (χ0n) is 9.04. The smallest absolute Gasteiger partial charge is 0.162 e. The zero-order valence-corrected chi connectivity index (χ0v) is 9.80. The first-order valence-electron chi connectivity index (χ1n) is 4.70. The van der Waals surface area contributed by atoms with Gasteiger partial charge in [0.15, 0.2) is 11.5 Å². The highest BCUT2D eigenvalue weighted by Gasteiger charge is 2.15. The number of aliphatic hydroxyl groups is 1. The summed E-state index contributed by atoms with van der Waals surface area (Å²) in [6, 6.07) is 1.57. The molecule has 0 aliphatic rings. The summed E-state index contributed by atoms with van der Waals surface area (Å²) in [7, 11) is 1.47. The Bertz CT molecular complexity index is 361. The van der Waals surface area contributed by atoms with Gasteiger partial charge >= 0.3 is 0 Å². The summed E-state index contributed by atoms with van der Waals surface area (Å²) in [5.74, 6) is 0.390. The maximum absolute atomic E-state index is 9.85. The highest BCUT2D eigenvalue weighted by atomic mass is 35.5. The minimum atomic E-state index is -0.530. The van der Waals surface area contributed by atoms with E-state index in [1.807, 2.05) is 0 Å². The highest BCUT2D eigenvalue weighted by Crippen LogP contribution is 2.37. The number of methoxy groups -OCH3 is 1. The SMILES string of the molecule is COc1cc(Cl)c(C)c(CC(C)O)c1O. The van der Waals surface area contributed by atoms with Crippen LogP contribution in [0.5, 0.6) is 11.5 Å². The molecule has 0 fully saturated rings. The van der Waals surface area contributed by atoms with E-state index in [9.17, 15) is 10.2 Å². The highest BCUT2D eigenvalue weighted by molar-refractivity contribution is 6.31. The number of ether oxygens (including phenoxy) is 1. The van der Waals surface area contributed by atoms with Crippen molar-refractivity contribution in [3.63, 3.8) is 0 Å². The van der Waals surface area contributed by atoms with E-state index in [-0.39, 0.29) is 5.75 Å². The van der Waals surface area contributed by atoms with Gasteiger partial charge in [-0.25, -0.2) is 0 Å². The lowest BCUT2D eigenvalue weighted by molar-refractivity contribution is 0.193. The molecule has 1 rings (SSSR count). The molecule has 0 saturated heterocycles. The molecule has 0 spiro atoms. The molecular weight excluding hydrogens is 216 g/mol. The average molecular weight is 231 g/mol. The number of halogens is 1. The van der Waals surface area contributed by atoms with Crippen LogP contribution in [0.15, 0.2) is 6.07 Å².